The van der Waals surface area contributed by atoms with E-state index in [1.807, 2.05) is 30.2 Å². The van der Waals surface area contributed by atoms with Crippen LogP contribution in [0.15, 0.2) is 18.3 Å². The number of nitrogens with zero attached hydrogens (tertiary/aromatic N) is 1. The highest BCUT2D eigenvalue weighted by atomic mass is 16.2. The Labute approximate surface area is 109 Å². The first-order valence-electron chi connectivity index (χ1n) is 6.84. The Balaban J connectivity index is 2.10. The van der Waals surface area contributed by atoms with E-state index in [0.29, 0.717) is 0 Å². The maximum absolute atomic E-state index is 12.4. The number of amides is 1. The molecule has 2 rings (SSSR count). The van der Waals surface area contributed by atoms with Gasteiger partial charge in [0.15, 0.2) is 0 Å². The van der Waals surface area contributed by atoms with Gasteiger partial charge in [0.05, 0.1) is 12.1 Å². The molecule has 4 heteroatoms. The first kappa shape index (κ1) is 13.1. The van der Waals surface area contributed by atoms with Crippen LogP contribution in [0.5, 0.6) is 0 Å². The van der Waals surface area contributed by atoms with Gasteiger partial charge in [0.2, 0.25) is 5.91 Å². The van der Waals surface area contributed by atoms with E-state index in [0.717, 1.165) is 31.5 Å². The zero-order valence-corrected chi connectivity index (χ0v) is 11.2. The molecule has 3 N–H and O–H groups in total. The second-order valence-electron chi connectivity index (χ2n) is 5.23. The van der Waals surface area contributed by atoms with Gasteiger partial charge in [0.25, 0.3) is 0 Å². The van der Waals surface area contributed by atoms with Gasteiger partial charge in [-0.2, -0.15) is 0 Å². The Morgan fingerprint density at radius 2 is 2.44 bits per heavy atom. The molecule has 0 spiro atoms. The highest BCUT2D eigenvalue weighted by Crippen LogP contribution is 2.31. The number of likely N-dealkylation sites (tertiary alicyclic amines) is 1. The molecule has 1 amide bonds. The highest BCUT2D eigenvalue weighted by Gasteiger charge is 2.34. The van der Waals surface area contributed by atoms with Crippen molar-refractivity contribution in [2.75, 3.05) is 6.54 Å². The molecule has 1 saturated heterocycles. The molecule has 1 unspecified atom stereocenters. The molecule has 0 aromatic carbocycles. The fourth-order valence-electron chi connectivity index (χ4n) is 2.59. The minimum absolute atomic E-state index is 0.0986. The van der Waals surface area contributed by atoms with Gasteiger partial charge in [-0.3, -0.25) is 4.79 Å². The molecule has 1 aromatic rings. The van der Waals surface area contributed by atoms with Crippen molar-refractivity contribution in [3.05, 3.63) is 24.0 Å². The fraction of sp³-hybridized carbons (Fsp3) is 0.643. The lowest BCUT2D eigenvalue weighted by atomic mass is 9.98. The average Bonchev–Trinajstić information content (AvgIpc) is 3.05. The molecule has 0 aliphatic carbocycles. The summed E-state index contributed by atoms with van der Waals surface area (Å²) in [7, 11) is 0. The monoisotopic (exact) mass is 249 g/mol. The smallest absolute Gasteiger partial charge is 0.240 e. The van der Waals surface area contributed by atoms with Crippen LogP contribution in [0.25, 0.3) is 0 Å². The summed E-state index contributed by atoms with van der Waals surface area (Å²) in [6.07, 6.45) is 4.93. The highest BCUT2D eigenvalue weighted by molar-refractivity contribution is 5.82. The Morgan fingerprint density at radius 1 is 1.67 bits per heavy atom. The molecule has 0 bridgehead atoms. The van der Waals surface area contributed by atoms with Crippen LogP contribution in [0.3, 0.4) is 0 Å². The van der Waals surface area contributed by atoms with Gasteiger partial charge in [-0.15, -0.1) is 0 Å². The molecule has 0 saturated carbocycles. The molecular weight excluding hydrogens is 226 g/mol. The van der Waals surface area contributed by atoms with Crippen molar-refractivity contribution >= 4 is 5.91 Å². The predicted molar refractivity (Wildman–Crippen MR) is 71.9 cm³/mol. The van der Waals surface area contributed by atoms with E-state index in [-0.39, 0.29) is 23.9 Å². The lowest BCUT2D eigenvalue weighted by Gasteiger charge is -2.29. The van der Waals surface area contributed by atoms with E-state index < -0.39 is 0 Å². The van der Waals surface area contributed by atoms with Crippen molar-refractivity contribution in [1.29, 1.82) is 0 Å². The Bertz CT molecular complexity index is 388. The van der Waals surface area contributed by atoms with Crippen molar-refractivity contribution in [3.63, 3.8) is 0 Å². The van der Waals surface area contributed by atoms with Crippen LogP contribution < -0.4 is 5.73 Å². The minimum atomic E-state index is -0.370. The molecule has 2 heterocycles. The lowest BCUT2D eigenvalue weighted by Crippen LogP contribution is -2.46. The van der Waals surface area contributed by atoms with E-state index in [1.54, 1.807) is 0 Å². The lowest BCUT2D eigenvalue weighted by molar-refractivity contribution is -0.134. The number of carbonyl (C=O) groups excluding carboxylic acids is 1. The standard InChI is InChI=1S/C14H23N3O/c1-3-10(2)13(15)14(18)17-9-5-7-12(17)11-6-4-8-16-11/h4,6,8,10,12-13,16H,3,5,7,9,15H2,1-2H3/t10-,12?,13-/m0/s1. The zero-order chi connectivity index (χ0) is 13.1. The number of hydrogen-bond donors (Lipinski definition) is 2. The Kier molecular flexibility index (Phi) is 4.07. The molecule has 18 heavy (non-hydrogen) atoms. The molecular formula is C14H23N3O. The van der Waals surface area contributed by atoms with Crippen LogP contribution in [0.1, 0.15) is 44.8 Å². The van der Waals surface area contributed by atoms with Gasteiger partial charge in [-0.25, -0.2) is 0 Å². The maximum Gasteiger partial charge on any atom is 0.240 e. The summed E-state index contributed by atoms with van der Waals surface area (Å²) < 4.78 is 0. The van der Waals surface area contributed by atoms with Crippen LogP contribution in [0, 0.1) is 5.92 Å². The molecule has 1 aromatic heterocycles. The summed E-state index contributed by atoms with van der Waals surface area (Å²) in [5.74, 6) is 0.337. The zero-order valence-electron chi connectivity index (χ0n) is 11.2. The molecule has 3 atom stereocenters. The quantitative estimate of drug-likeness (QED) is 0.858. The van der Waals surface area contributed by atoms with Crippen molar-refractivity contribution in [1.82, 2.24) is 9.88 Å². The number of hydrogen-bond acceptors (Lipinski definition) is 2. The van der Waals surface area contributed by atoms with Crippen molar-refractivity contribution in [2.24, 2.45) is 11.7 Å². The third-order valence-electron chi connectivity index (χ3n) is 4.06. The van der Waals surface area contributed by atoms with Gasteiger partial charge >= 0.3 is 0 Å². The van der Waals surface area contributed by atoms with E-state index in [2.05, 4.69) is 11.9 Å². The third kappa shape index (κ3) is 2.43. The summed E-state index contributed by atoms with van der Waals surface area (Å²) in [6, 6.07) is 3.84. The number of aromatic amines is 1. The van der Waals surface area contributed by atoms with Gasteiger partial charge in [0.1, 0.15) is 0 Å². The first-order chi connectivity index (χ1) is 8.65. The topological polar surface area (TPSA) is 62.1 Å². The minimum Gasteiger partial charge on any atom is -0.363 e. The number of H-pyrrole nitrogens is 1. The fourth-order valence-corrected chi connectivity index (χ4v) is 2.59. The molecule has 4 nitrogen and oxygen atoms in total. The predicted octanol–water partition coefficient (Wildman–Crippen LogP) is 2.05. The average molecular weight is 249 g/mol. The van der Waals surface area contributed by atoms with Crippen molar-refractivity contribution in [2.45, 2.75) is 45.2 Å². The molecule has 1 aliphatic rings. The number of aromatic nitrogens is 1. The Hall–Kier alpha value is -1.29. The van der Waals surface area contributed by atoms with E-state index in [1.165, 1.54) is 0 Å². The molecule has 1 aliphatic heterocycles. The summed E-state index contributed by atoms with van der Waals surface area (Å²) in [4.78, 5) is 17.6. The van der Waals surface area contributed by atoms with Crippen LogP contribution in [0.4, 0.5) is 0 Å². The Morgan fingerprint density at radius 3 is 3.06 bits per heavy atom. The largest absolute Gasteiger partial charge is 0.363 e. The van der Waals surface area contributed by atoms with Crippen LogP contribution in [-0.4, -0.2) is 28.4 Å². The number of rotatable bonds is 4. The van der Waals surface area contributed by atoms with Gasteiger partial charge < -0.3 is 15.6 Å². The van der Waals surface area contributed by atoms with Crippen molar-refractivity contribution < 1.29 is 4.79 Å². The normalized spacial score (nSPS) is 23.1. The summed E-state index contributed by atoms with van der Waals surface area (Å²) in [5.41, 5.74) is 7.19. The molecule has 1 fully saturated rings. The summed E-state index contributed by atoms with van der Waals surface area (Å²) >= 11 is 0. The van der Waals surface area contributed by atoms with E-state index in [9.17, 15) is 4.79 Å². The number of nitrogens with one attached hydrogen (secondary N) is 1. The van der Waals surface area contributed by atoms with Crippen LogP contribution >= 0.6 is 0 Å². The molecule has 100 valence electrons. The number of nitrogens with two attached hydrogens (primary N) is 1. The molecule has 0 radical (unpaired) electrons. The first-order valence-corrected chi connectivity index (χ1v) is 6.84. The van der Waals surface area contributed by atoms with Gasteiger partial charge in [0, 0.05) is 18.4 Å². The third-order valence-corrected chi connectivity index (χ3v) is 4.06. The maximum atomic E-state index is 12.4. The van der Waals surface area contributed by atoms with E-state index in [4.69, 9.17) is 5.73 Å². The second-order valence-corrected chi connectivity index (χ2v) is 5.23. The van der Waals surface area contributed by atoms with Gasteiger partial charge in [-0.05, 0) is 30.9 Å². The van der Waals surface area contributed by atoms with E-state index >= 15 is 0 Å². The van der Waals surface area contributed by atoms with Crippen LogP contribution in [0.2, 0.25) is 0 Å². The SMILES string of the molecule is CC[C@H](C)[C@H](N)C(=O)N1CCCC1c1ccc[nH]1. The van der Waals surface area contributed by atoms with Gasteiger partial charge in [-0.1, -0.05) is 20.3 Å². The summed E-state index contributed by atoms with van der Waals surface area (Å²) in [6.45, 7) is 4.94. The number of carbonyl (C=O) groups is 1. The summed E-state index contributed by atoms with van der Waals surface area (Å²) in [5, 5.41) is 0. The van der Waals surface area contributed by atoms with Crippen molar-refractivity contribution in [3.8, 4) is 0 Å². The van der Waals surface area contributed by atoms with Crippen LogP contribution in [-0.2, 0) is 4.79 Å². The second kappa shape index (κ2) is 5.57.